The third kappa shape index (κ3) is 3.08. The smallest absolute Gasteiger partial charge is 0.101 e. The molecule has 2 aromatic carbocycles. The lowest BCUT2D eigenvalue weighted by Crippen LogP contribution is -2.36. The number of hydrogen-bond acceptors (Lipinski definition) is 5. The summed E-state index contributed by atoms with van der Waals surface area (Å²) in [5.74, 6) is 0. The van der Waals surface area contributed by atoms with Crippen molar-refractivity contribution in [3.8, 4) is 17.3 Å². The van der Waals surface area contributed by atoms with E-state index in [4.69, 9.17) is 4.74 Å². The van der Waals surface area contributed by atoms with Crippen molar-refractivity contribution in [1.29, 1.82) is 5.26 Å². The van der Waals surface area contributed by atoms with Crippen molar-refractivity contribution in [2.75, 3.05) is 31.2 Å². The summed E-state index contributed by atoms with van der Waals surface area (Å²) in [6.07, 6.45) is 1.84. The third-order valence-electron chi connectivity index (χ3n) is 5.91. The maximum Gasteiger partial charge on any atom is 0.101 e. The van der Waals surface area contributed by atoms with Crippen LogP contribution in [0.1, 0.15) is 19.4 Å². The Labute approximate surface area is 175 Å². The molecular formula is C24H23N5O. The number of morpholine rings is 1. The first-order chi connectivity index (χ1) is 14.6. The predicted octanol–water partition coefficient (Wildman–Crippen LogP) is 4.42. The van der Waals surface area contributed by atoms with Crippen molar-refractivity contribution in [3.63, 3.8) is 0 Å². The lowest BCUT2D eigenvalue weighted by molar-refractivity contribution is 0.122. The lowest BCUT2D eigenvalue weighted by Gasteiger charge is -2.29. The molecule has 4 aromatic rings. The monoisotopic (exact) mass is 397 g/mol. The summed E-state index contributed by atoms with van der Waals surface area (Å²) in [5.41, 5.74) is 5.44. The highest BCUT2D eigenvalue weighted by Crippen LogP contribution is 2.34. The van der Waals surface area contributed by atoms with Gasteiger partial charge >= 0.3 is 0 Å². The first-order valence-electron chi connectivity index (χ1n) is 10.2. The number of nitrogens with zero attached hydrogens (tertiary/aromatic N) is 4. The predicted molar refractivity (Wildman–Crippen MR) is 119 cm³/mol. The Morgan fingerprint density at radius 1 is 1.10 bits per heavy atom. The molecule has 1 aliphatic heterocycles. The molecule has 0 bridgehead atoms. The zero-order chi connectivity index (χ0) is 20.7. The maximum absolute atomic E-state index is 9.41. The highest BCUT2D eigenvalue weighted by Gasteiger charge is 2.20. The molecule has 0 atom stereocenters. The van der Waals surface area contributed by atoms with Crippen LogP contribution in [0.2, 0.25) is 0 Å². The van der Waals surface area contributed by atoms with Gasteiger partial charge in [-0.3, -0.25) is 10.1 Å². The van der Waals surface area contributed by atoms with E-state index in [1.807, 2.05) is 44.3 Å². The van der Waals surface area contributed by atoms with E-state index < -0.39 is 5.41 Å². The molecule has 0 saturated carbocycles. The summed E-state index contributed by atoms with van der Waals surface area (Å²) in [5, 5.41) is 19.3. The minimum atomic E-state index is -0.518. The standard InChI is InChI=1S/C24H23N5O/c1-24(2,15-25)17-5-3-16(4-6-17)23-22-19-13-18(29-9-11-30-12-10-29)7-8-20(19)26-14-21(22)27-28-23/h3-8,13-14H,9-12H2,1-2H3,(H,27,28). The van der Waals surface area contributed by atoms with Gasteiger partial charge in [-0.25, -0.2) is 0 Å². The van der Waals surface area contributed by atoms with Gasteiger partial charge in [0.1, 0.15) is 5.69 Å². The minimum absolute atomic E-state index is 0.518. The number of rotatable bonds is 3. The van der Waals surface area contributed by atoms with Crippen LogP contribution in [0.5, 0.6) is 0 Å². The quantitative estimate of drug-likeness (QED) is 0.554. The van der Waals surface area contributed by atoms with Crippen LogP contribution in [0.25, 0.3) is 33.1 Å². The van der Waals surface area contributed by atoms with E-state index in [9.17, 15) is 5.26 Å². The zero-order valence-electron chi connectivity index (χ0n) is 17.1. The van der Waals surface area contributed by atoms with Crippen LogP contribution in [-0.4, -0.2) is 41.5 Å². The Kier molecular flexibility index (Phi) is 4.41. The van der Waals surface area contributed by atoms with E-state index in [2.05, 4.69) is 44.3 Å². The number of H-pyrrole nitrogens is 1. The van der Waals surface area contributed by atoms with Crippen LogP contribution in [0.4, 0.5) is 5.69 Å². The molecule has 2 aromatic heterocycles. The summed E-state index contributed by atoms with van der Waals surface area (Å²) in [6.45, 7) is 7.15. The van der Waals surface area contributed by atoms with Crippen LogP contribution >= 0.6 is 0 Å². The Bertz CT molecular complexity index is 1260. The number of anilines is 1. The SMILES string of the molecule is CC(C)(C#N)c1ccc(-c2n[nH]c3cnc4ccc(N5CCOCC5)cc4c23)cc1. The van der Waals surface area contributed by atoms with Gasteiger partial charge in [0, 0.05) is 35.1 Å². The molecule has 0 aliphatic carbocycles. The van der Waals surface area contributed by atoms with Gasteiger partial charge in [-0.2, -0.15) is 10.4 Å². The van der Waals surface area contributed by atoms with Gasteiger partial charge in [-0.05, 0) is 37.6 Å². The van der Waals surface area contributed by atoms with E-state index in [1.165, 1.54) is 5.69 Å². The molecule has 3 heterocycles. The van der Waals surface area contributed by atoms with Crippen LogP contribution in [-0.2, 0) is 10.2 Å². The second kappa shape index (κ2) is 7.12. The lowest BCUT2D eigenvalue weighted by atomic mass is 9.86. The molecule has 6 nitrogen and oxygen atoms in total. The van der Waals surface area contributed by atoms with E-state index in [1.54, 1.807) is 0 Å². The highest BCUT2D eigenvalue weighted by atomic mass is 16.5. The Balaban J connectivity index is 1.64. The number of nitrogens with one attached hydrogen (secondary N) is 1. The number of hydrogen-bond donors (Lipinski definition) is 1. The molecule has 1 fully saturated rings. The fourth-order valence-electron chi connectivity index (χ4n) is 4.03. The number of pyridine rings is 1. The van der Waals surface area contributed by atoms with Crippen molar-refractivity contribution >= 4 is 27.5 Å². The maximum atomic E-state index is 9.41. The molecule has 1 saturated heterocycles. The molecule has 0 amide bonds. The summed E-state index contributed by atoms with van der Waals surface area (Å²) >= 11 is 0. The number of benzene rings is 2. The van der Waals surface area contributed by atoms with E-state index in [-0.39, 0.29) is 0 Å². The number of aromatic amines is 1. The van der Waals surface area contributed by atoms with E-state index in [0.29, 0.717) is 0 Å². The van der Waals surface area contributed by atoms with Crippen molar-refractivity contribution in [2.45, 2.75) is 19.3 Å². The molecule has 0 spiro atoms. The number of aromatic nitrogens is 3. The Morgan fingerprint density at radius 3 is 2.60 bits per heavy atom. The highest BCUT2D eigenvalue weighted by molar-refractivity contribution is 6.11. The van der Waals surface area contributed by atoms with Crippen molar-refractivity contribution in [1.82, 2.24) is 15.2 Å². The average Bonchev–Trinajstić information content (AvgIpc) is 3.24. The molecule has 1 N–H and O–H groups in total. The van der Waals surface area contributed by atoms with Gasteiger partial charge < -0.3 is 9.64 Å². The third-order valence-corrected chi connectivity index (χ3v) is 5.91. The Morgan fingerprint density at radius 2 is 1.87 bits per heavy atom. The minimum Gasteiger partial charge on any atom is -0.378 e. The molecule has 0 radical (unpaired) electrons. The van der Waals surface area contributed by atoms with Gasteiger partial charge in [0.2, 0.25) is 0 Å². The topological polar surface area (TPSA) is 77.8 Å². The molecule has 5 rings (SSSR count). The van der Waals surface area contributed by atoms with Gasteiger partial charge in [0.25, 0.3) is 0 Å². The van der Waals surface area contributed by atoms with Crippen molar-refractivity contribution in [3.05, 3.63) is 54.2 Å². The largest absolute Gasteiger partial charge is 0.378 e. The number of ether oxygens (including phenoxy) is 1. The Hall–Kier alpha value is -3.43. The number of nitriles is 1. The average molecular weight is 397 g/mol. The van der Waals surface area contributed by atoms with Gasteiger partial charge in [-0.15, -0.1) is 0 Å². The summed E-state index contributed by atoms with van der Waals surface area (Å²) in [7, 11) is 0. The molecule has 0 unspecified atom stereocenters. The van der Waals surface area contributed by atoms with Crippen LogP contribution in [0, 0.1) is 11.3 Å². The van der Waals surface area contributed by atoms with Crippen molar-refractivity contribution in [2.24, 2.45) is 0 Å². The second-order valence-electron chi connectivity index (χ2n) is 8.23. The van der Waals surface area contributed by atoms with Gasteiger partial charge in [0.05, 0.1) is 41.9 Å². The van der Waals surface area contributed by atoms with Crippen LogP contribution in [0.15, 0.2) is 48.7 Å². The summed E-state index contributed by atoms with van der Waals surface area (Å²) in [6, 6.07) is 16.9. The van der Waals surface area contributed by atoms with Crippen molar-refractivity contribution < 1.29 is 4.74 Å². The van der Waals surface area contributed by atoms with Crippen LogP contribution in [0.3, 0.4) is 0 Å². The molecule has 30 heavy (non-hydrogen) atoms. The summed E-state index contributed by atoms with van der Waals surface area (Å²) in [4.78, 5) is 6.96. The molecule has 1 aliphatic rings. The van der Waals surface area contributed by atoms with E-state index >= 15 is 0 Å². The first-order valence-corrected chi connectivity index (χ1v) is 10.2. The van der Waals surface area contributed by atoms with Gasteiger partial charge in [-0.1, -0.05) is 24.3 Å². The van der Waals surface area contributed by atoms with Gasteiger partial charge in [0.15, 0.2) is 0 Å². The molecular weight excluding hydrogens is 374 g/mol. The fraction of sp³-hybridized carbons (Fsp3) is 0.292. The zero-order valence-corrected chi connectivity index (χ0v) is 17.1. The fourth-order valence-corrected chi connectivity index (χ4v) is 4.03. The molecule has 6 heteroatoms. The number of fused-ring (bicyclic) bond motifs is 3. The van der Waals surface area contributed by atoms with Crippen LogP contribution < -0.4 is 4.90 Å². The van der Waals surface area contributed by atoms with E-state index in [0.717, 1.165) is 64.9 Å². The molecule has 150 valence electrons. The first kappa shape index (κ1) is 18.6. The second-order valence-corrected chi connectivity index (χ2v) is 8.23. The normalized spacial score (nSPS) is 14.9. The summed E-state index contributed by atoms with van der Waals surface area (Å²) < 4.78 is 5.50.